The van der Waals surface area contributed by atoms with Gasteiger partial charge in [0.25, 0.3) is 0 Å². The third kappa shape index (κ3) is 2.83. The van der Waals surface area contributed by atoms with Gasteiger partial charge < -0.3 is 14.8 Å². The first-order valence-corrected chi connectivity index (χ1v) is 5.97. The molecule has 18 heavy (non-hydrogen) atoms. The van der Waals surface area contributed by atoms with Crippen molar-refractivity contribution in [1.29, 1.82) is 0 Å². The lowest BCUT2D eigenvalue weighted by Crippen LogP contribution is -2.33. The largest absolute Gasteiger partial charge is 0.497 e. The molecule has 0 saturated heterocycles. The average Bonchev–Trinajstić information content (AvgIpc) is 2.78. The second-order valence-electron chi connectivity index (χ2n) is 4.16. The summed E-state index contributed by atoms with van der Waals surface area (Å²) in [5, 5.41) is 2.81. The molecule has 4 heteroatoms. The lowest BCUT2D eigenvalue weighted by Gasteiger charge is -2.10. The zero-order chi connectivity index (χ0) is 13.0. The quantitative estimate of drug-likeness (QED) is 0.824. The maximum Gasteiger partial charge on any atom is 0.243 e. The summed E-state index contributed by atoms with van der Waals surface area (Å²) in [7, 11) is 1.65. The highest BCUT2D eigenvalue weighted by Crippen LogP contribution is 2.31. The van der Waals surface area contributed by atoms with E-state index in [9.17, 15) is 4.79 Å². The molecular weight excluding hydrogens is 230 g/mol. The summed E-state index contributed by atoms with van der Waals surface area (Å²) in [4.78, 5) is 11.3. The van der Waals surface area contributed by atoms with E-state index < -0.39 is 0 Å². The molecule has 0 bridgehead atoms. The van der Waals surface area contributed by atoms with Crippen molar-refractivity contribution in [3.63, 3.8) is 0 Å². The molecule has 0 fully saturated rings. The van der Waals surface area contributed by atoms with Crippen LogP contribution in [0.4, 0.5) is 0 Å². The Labute approximate surface area is 107 Å². The molecule has 4 nitrogen and oxygen atoms in total. The minimum atomic E-state index is -0.0883. The molecule has 96 valence electrons. The standard InChI is InChI=1S/C14H17NO3/c1-3-4-14(16)15-9-12-8-10-7-11(17-2)5-6-13(10)18-12/h3-7,12H,8-9H2,1-2H3,(H,15,16)/b4-3+/t12-/m1/s1. The van der Waals surface area contributed by atoms with Gasteiger partial charge in [-0.3, -0.25) is 4.79 Å². The van der Waals surface area contributed by atoms with Crippen LogP contribution in [0.5, 0.6) is 11.5 Å². The number of ether oxygens (including phenoxy) is 2. The summed E-state index contributed by atoms with van der Waals surface area (Å²) in [6, 6.07) is 5.75. The van der Waals surface area contributed by atoms with E-state index in [-0.39, 0.29) is 12.0 Å². The average molecular weight is 247 g/mol. The Bertz CT molecular complexity index is 468. The first-order valence-electron chi connectivity index (χ1n) is 5.97. The number of benzene rings is 1. The monoisotopic (exact) mass is 247 g/mol. The van der Waals surface area contributed by atoms with Crippen LogP contribution in [0.15, 0.2) is 30.4 Å². The summed E-state index contributed by atoms with van der Waals surface area (Å²) in [6.45, 7) is 2.33. The zero-order valence-corrected chi connectivity index (χ0v) is 10.6. The van der Waals surface area contributed by atoms with Crippen LogP contribution >= 0.6 is 0 Å². The third-order valence-corrected chi connectivity index (χ3v) is 2.83. The molecule has 0 spiro atoms. The molecule has 0 saturated carbocycles. The van der Waals surface area contributed by atoms with Crippen molar-refractivity contribution >= 4 is 5.91 Å². The molecule has 0 unspecified atom stereocenters. The number of rotatable bonds is 4. The number of carbonyl (C=O) groups is 1. The summed E-state index contributed by atoms with van der Waals surface area (Å²) in [5.74, 6) is 1.62. The predicted octanol–water partition coefficient (Wildman–Crippen LogP) is 1.69. The van der Waals surface area contributed by atoms with Gasteiger partial charge in [0.2, 0.25) is 5.91 Å². The van der Waals surface area contributed by atoms with E-state index in [0.29, 0.717) is 6.54 Å². The normalized spacial score (nSPS) is 17.3. The van der Waals surface area contributed by atoms with Crippen LogP contribution in [0, 0.1) is 0 Å². The number of amides is 1. The molecule has 1 aliphatic heterocycles. The van der Waals surface area contributed by atoms with Crippen LogP contribution in [0.25, 0.3) is 0 Å². The molecule has 1 heterocycles. The van der Waals surface area contributed by atoms with Gasteiger partial charge in [-0.15, -0.1) is 0 Å². The summed E-state index contributed by atoms with van der Waals surface area (Å²) in [5.41, 5.74) is 1.12. The van der Waals surface area contributed by atoms with Crippen LogP contribution in [-0.4, -0.2) is 25.7 Å². The highest BCUT2D eigenvalue weighted by molar-refractivity contribution is 5.87. The lowest BCUT2D eigenvalue weighted by atomic mass is 10.1. The SMILES string of the molecule is C/C=C/C(=O)NC[C@H]1Cc2cc(OC)ccc2O1. The molecule has 1 amide bonds. The van der Waals surface area contributed by atoms with Crippen LogP contribution < -0.4 is 14.8 Å². The number of methoxy groups -OCH3 is 1. The van der Waals surface area contributed by atoms with Gasteiger partial charge in [-0.2, -0.15) is 0 Å². The van der Waals surface area contributed by atoms with Crippen molar-refractivity contribution in [2.24, 2.45) is 0 Å². The Balaban J connectivity index is 1.91. The lowest BCUT2D eigenvalue weighted by molar-refractivity contribution is -0.116. The van der Waals surface area contributed by atoms with Crippen molar-refractivity contribution in [1.82, 2.24) is 5.32 Å². The maximum atomic E-state index is 11.3. The molecule has 0 aliphatic carbocycles. The second kappa shape index (κ2) is 5.58. The Hall–Kier alpha value is -1.97. The molecule has 0 aromatic heterocycles. The number of hydrogen-bond donors (Lipinski definition) is 1. The van der Waals surface area contributed by atoms with Crippen molar-refractivity contribution in [2.45, 2.75) is 19.4 Å². The van der Waals surface area contributed by atoms with Gasteiger partial charge >= 0.3 is 0 Å². The Morgan fingerprint density at radius 3 is 3.17 bits per heavy atom. The molecule has 1 aromatic carbocycles. The number of fused-ring (bicyclic) bond motifs is 1. The van der Waals surface area contributed by atoms with E-state index >= 15 is 0 Å². The first-order chi connectivity index (χ1) is 8.72. The van der Waals surface area contributed by atoms with Gasteiger partial charge in [-0.05, 0) is 31.2 Å². The Morgan fingerprint density at radius 2 is 2.44 bits per heavy atom. The van der Waals surface area contributed by atoms with Crippen molar-refractivity contribution in [3.05, 3.63) is 35.9 Å². The molecule has 1 aliphatic rings. The van der Waals surface area contributed by atoms with E-state index in [2.05, 4.69) is 5.32 Å². The summed E-state index contributed by atoms with van der Waals surface area (Å²) < 4.78 is 10.9. The van der Waals surface area contributed by atoms with Gasteiger partial charge in [0.15, 0.2) is 0 Å². The number of hydrogen-bond acceptors (Lipinski definition) is 3. The first kappa shape index (κ1) is 12.5. The number of nitrogens with one attached hydrogen (secondary N) is 1. The van der Waals surface area contributed by atoms with E-state index in [0.717, 1.165) is 23.5 Å². The molecule has 2 rings (SSSR count). The maximum absolute atomic E-state index is 11.3. The highest BCUT2D eigenvalue weighted by Gasteiger charge is 2.23. The van der Waals surface area contributed by atoms with E-state index in [1.54, 1.807) is 13.2 Å². The van der Waals surface area contributed by atoms with Crippen molar-refractivity contribution in [2.75, 3.05) is 13.7 Å². The number of carbonyl (C=O) groups excluding carboxylic acids is 1. The van der Waals surface area contributed by atoms with Gasteiger partial charge in [0.1, 0.15) is 17.6 Å². The Morgan fingerprint density at radius 1 is 1.61 bits per heavy atom. The topological polar surface area (TPSA) is 47.6 Å². The van der Waals surface area contributed by atoms with Gasteiger partial charge in [-0.25, -0.2) is 0 Å². The Kier molecular flexibility index (Phi) is 3.87. The highest BCUT2D eigenvalue weighted by atomic mass is 16.5. The molecule has 1 N–H and O–H groups in total. The smallest absolute Gasteiger partial charge is 0.243 e. The zero-order valence-electron chi connectivity index (χ0n) is 10.6. The van der Waals surface area contributed by atoms with Crippen LogP contribution in [0.2, 0.25) is 0 Å². The summed E-state index contributed by atoms with van der Waals surface area (Å²) >= 11 is 0. The molecular formula is C14H17NO3. The van der Waals surface area contributed by atoms with Crippen LogP contribution in [-0.2, 0) is 11.2 Å². The summed E-state index contributed by atoms with van der Waals surface area (Å²) in [6.07, 6.45) is 4.01. The van der Waals surface area contributed by atoms with Crippen LogP contribution in [0.1, 0.15) is 12.5 Å². The molecule has 1 aromatic rings. The van der Waals surface area contributed by atoms with E-state index in [1.807, 2.05) is 25.1 Å². The van der Waals surface area contributed by atoms with Gasteiger partial charge in [0, 0.05) is 12.0 Å². The third-order valence-electron chi connectivity index (χ3n) is 2.83. The molecule has 0 radical (unpaired) electrons. The minimum absolute atomic E-state index is 0.00122. The van der Waals surface area contributed by atoms with E-state index in [4.69, 9.17) is 9.47 Å². The number of allylic oxidation sites excluding steroid dienone is 1. The fraction of sp³-hybridized carbons (Fsp3) is 0.357. The van der Waals surface area contributed by atoms with Crippen LogP contribution in [0.3, 0.4) is 0 Å². The van der Waals surface area contributed by atoms with Gasteiger partial charge in [-0.1, -0.05) is 6.08 Å². The fourth-order valence-corrected chi connectivity index (χ4v) is 1.96. The predicted molar refractivity (Wildman–Crippen MR) is 68.9 cm³/mol. The fourth-order valence-electron chi connectivity index (χ4n) is 1.96. The van der Waals surface area contributed by atoms with Gasteiger partial charge in [0.05, 0.1) is 13.7 Å². The second-order valence-corrected chi connectivity index (χ2v) is 4.16. The minimum Gasteiger partial charge on any atom is -0.497 e. The van der Waals surface area contributed by atoms with Crippen molar-refractivity contribution < 1.29 is 14.3 Å². The van der Waals surface area contributed by atoms with E-state index in [1.165, 1.54) is 6.08 Å². The van der Waals surface area contributed by atoms with Crippen molar-refractivity contribution in [3.8, 4) is 11.5 Å². The molecule has 1 atom stereocenters.